The summed E-state index contributed by atoms with van der Waals surface area (Å²) in [5.41, 5.74) is 2.48. The molecule has 192 valence electrons. The molecule has 3 aromatic heterocycles. The molecule has 36 heavy (non-hydrogen) atoms. The molecule has 0 spiro atoms. The normalized spacial score (nSPS) is 24.0. The van der Waals surface area contributed by atoms with Crippen LogP contribution in [0.4, 0.5) is 5.82 Å². The highest BCUT2D eigenvalue weighted by Crippen LogP contribution is 2.40. The van der Waals surface area contributed by atoms with E-state index in [0.29, 0.717) is 35.7 Å². The first-order valence-corrected chi connectivity index (χ1v) is 14.6. The number of hydrogen-bond acceptors (Lipinski definition) is 11. The quantitative estimate of drug-likeness (QED) is 0.359. The molecule has 1 aliphatic heterocycles. The summed E-state index contributed by atoms with van der Waals surface area (Å²) in [7, 11) is -4.09. The minimum Gasteiger partial charge on any atom is -0.393 e. The molecule has 4 atom stereocenters. The zero-order valence-corrected chi connectivity index (χ0v) is 21.9. The smallest absolute Gasteiger partial charge is 0.333 e. The molecule has 0 amide bonds. The van der Waals surface area contributed by atoms with Gasteiger partial charge in [-0.25, -0.2) is 15.1 Å². The number of hydrogen-bond donors (Lipinski definition) is 3. The van der Waals surface area contributed by atoms with Crippen LogP contribution in [0.3, 0.4) is 0 Å². The van der Waals surface area contributed by atoms with Crippen LogP contribution in [0.25, 0.3) is 0 Å². The number of anilines is 1. The average molecular weight is 551 g/mol. The lowest BCUT2D eigenvalue weighted by Crippen LogP contribution is -2.24. The second-order valence-corrected chi connectivity index (χ2v) is 12.4. The number of rotatable bonds is 8. The molecule has 2 aliphatic rings. The Labute approximate surface area is 216 Å². The van der Waals surface area contributed by atoms with Gasteiger partial charge in [0.25, 0.3) is 0 Å². The number of ketones is 1. The molecule has 1 fully saturated rings. The molecule has 10 nitrogen and oxygen atoms in total. The van der Waals surface area contributed by atoms with Crippen molar-refractivity contribution in [2.24, 2.45) is 11.1 Å². The van der Waals surface area contributed by atoms with Crippen LogP contribution in [-0.2, 0) is 25.6 Å². The average Bonchev–Trinajstić information content (AvgIpc) is 3.55. The van der Waals surface area contributed by atoms with Gasteiger partial charge in [-0.05, 0) is 48.4 Å². The number of carbonyl (C=O) groups excluding carboxylic acids is 1. The maximum Gasteiger partial charge on any atom is 0.333 e. The third kappa shape index (κ3) is 5.37. The van der Waals surface area contributed by atoms with E-state index in [4.69, 9.17) is 9.88 Å². The first kappa shape index (κ1) is 25.4. The van der Waals surface area contributed by atoms with Crippen molar-refractivity contribution in [3.8, 4) is 0 Å². The maximum atomic E-state index is 13.5. The van der Waals surface area contributed by atoms with Gasteiger partial charge in [0, 0.05) is 34.3 Å². The van der Waals surface area contributed by atoms with Gasteiger partial charge in [0.05, 0.1) is 29.8 Å². The fraction of sp³-hybridized carbons (Fsp3) is 0.435. The van der Waals surface area contributed by atoms with Crippen molar-refractivity contribution in [3.05, 3.63) is 61.4 Å². The Bertz CT molecular complexity index is 1370. The van der Waals surface area contributed by atoms with Gasteiger partial charge in [0.15, 0.2) is 0 Å². The summed E-state index contributed by atoms with van der Waals surface area (Å²) < 4.78 is 32.9. The number of aliphatic hydroxyl groups excluding tert-OH is 1. The molecule has 13 heteroatoms. The topological polar surface area (TPSA) is 154 Å². The molecule has 4 N–H and O–H groups in total. The number of thiophene rings is 2. The van der Waals surface area contributed by atoms with Crippen molar-refractivity contribution < 1.29 is 27.2 Å². The number of aliphatic hydroxyl groups is 1. The number of aryl methyl sites for hydroxylation is 1. The van der Waals surface area contributed by atoms with E-state index in [1.165, 1.54) is 28.7 Å². The number of carbonyl (C=O) groups is 1. The molecule has 0 aromatic carbocycles. The highest BCUT2D eigenvalue weighted by atomic mass is 32.2. The summed E-state index contributed by atoms with van der Waals surface area (Å²) in [6.07, 6.45) is 3.56. The predicted molar refractivity (Wildman–Crippen MR) is 136 cm³/mol. The number of fused-ring (bicyclic) bond motifs is 1. The fourth-order valence-electron chi connectivity index (χ4n) is 4.79. The largest absolute Gasteiger partial charge is 0.393 e. The van der Waals surface area contributed by atoms with Crippen LogP contribution in [0.2, 0.25) is 0 Å². The molecule has 1 saturated carbocycles. The Morgan fingerprint density at radius 3 is 3.00 bits per heavy atom. The van der Waals surface area contributed by atoms with E-state index in [0.717, 1.165) is 22.4 Å². The van der Waals surface area contributed by atoms with Crippen LogP contribution in [0.15, 0.2) is 30.0 Å². The first-order valence-electron chi connectivity index (χ1n) is 11.4. The second-order valence-electron chi connectivity index (χ2n) is 8.95. The Kier molecular flexibility index (Phi) is 7.23. The summed E-state index contributed by atoms with van der Waals surface area (Å²) in [5.74, 6) is -0.255. The third-order valence-corrected chi connectivity index (χ3v) is 9.07. The van der Waals surface area contributed by atoms with Crippen LogP contribution < -0.4 is 10.5 Å². The fourth-order valence-corrected chi connectivity index (χ4v) is 7.05. The van der Waals surface area contributed by atoms with E-state index in [-0.39, 0.29) is 24.5 Å². The van der Waals surface area contributed by atoms with E-state index < -0.39 is 22.3 Å². The number of aromatic nitrogens is 2. The minimum absolute atomic E-state index is 0.182. The lowest BCUT2D eigenvalue weighted by molar-refractivity contribution is 0.0711. The molecular weight excluding hydrogens is 524 g/mol. The highest BCUT2D eigenvalue weighted by molar-refractivity contribution is 7.84. The van der Waals surface area contributed by atoms with Crippen LogP contribution in [-0.4, -0.2) is 54.6 Å². The van der Waals surface area contributed by atoms with Gasteiger partial charge in [-0.15, -0.1) is 22.7 Å². The van der Waals surface area contributed by atoms with Crippen molar-refractivity contribution in [1.29, 1.82) is 0 Å². The van der Waals surface area contributed by atoms with E-state index in [1.807, 2.05) is 13.0 Å². The molecule has 3 aromatic rings. The van der Waals surface area contributed by atoms with Crippen LogP contribution in [0.5, 0.6) is 0 Å². The number of ether oxygens (including phenoxy) is 1. The van der Waals surface area contributed by atoms with Gasteiger partial charge >= 0.3 is 10.3 Å². The van der Waals surface area contributed by atoms with Crippen LogP contribution in [0.1, 0.15) is 55.1 Å². The Hall–Kier alpha value is -2.26. The monoisotopic (exact) mass is 550 g/mol. The highest BCUT2D eigenvalue weighted by Gasteiger charge is 2.35. The number of nitrogens with zero attached hydrogens (tertiary/aromatic N) is 2. The van der Waals surface area contributed by atoms with Gasteiger partial charge in [-0.2, -0.15) is 8.42 Å². The van der Waals surface area contributed by atoms with Crippen molar-refractivity contribution in [1.82, 2.24) is 9.97 Å². The number of nitrogens with one attached hydrogen (secondary N) is 1. The van der Waals surface area contributed by atoms with Crippen LogP contribution >= 0.6 is 22.7 Å². The molecule has 4 heterocycles. The van der Waals surface area contributed by atoms with Gasteiger partial charge in [-0.1, -0.05) is 0 Å². The molecule has 0 saturated heterocycles. The summed E-state index contributed by atoms with van der Waals surface area (Å²) in [4.78, 5) is 24.8. The summed E-state index contributed by atoms with van der Waals surface area (Å²) in [6, 6.07) is 3.76. The number of nitrogens with two attached hydrogens (primary N) is 1. The van der Waals surface area contributed by atoms with Gasteiger partial charge in [-0.3, -0.25) is 8.98 Å². The third-order valence-electron chi connectivity index (χ3n) is 6.54. The van der Waals surface area contributed by atoms with Crippen LogP contribution in [0, 0.1) is 12.8 Å². The molecule has 1 aliphatic carbocycles. The van der Waals surface area contributed by atoms with Crippen molar-refractivity contribution in [2.75, 3.05) is 18.5 Å². The van der Waals surface area contributed by atoms with E-state index in [1.54, 1.807) is 11.3 Å². The Morgan fingerprint density at radius 2 is 2.19 bits per heavy atom. The minimum atomic E-state index is -4.09. The van der Waals surface area contributed by atoms with Gasteiger partial charge in [0.2, 0.25) is 5.78 Å². The summed E-state index contributed by atoms with van der Waals surface area (Å²) >= 11 is 3.15. The molecule has 0 unspecified atom stereocenters. The molecule has 0 bridgehead atoms. The van der Waals surface area contributed by atoms with E-state index in [2.05, 4.69) is 30.9 Å². The van der Waals surface area contributed by atoms with Crippen molar-refractivity contribution >= 4 is 44.6 Å². The van der Waals surface area contributed by atoms with Gasteiger partial charge in [0.1, 0.15) is 18.2 Å². The molecule has 5 rings (SSSR count). The summed E-state index contributed by atoms with van der Waals surface area (Å²) in [5, 5.41) is 20.5. The predicted octanol–water partition coefficient (Wildman–Crippen LogP) is 2.57. The Balaban J connectivity index is 1.33. The van der Waals surface area contributed by atoms with Crippen molar-refractivity contribution in [3.63, 3.8) is 0 Å². The zero-order valence-electron chi connectivity index (χ0n) is 19.4. The SMILES string of the molecule is Cc1sc(C(=O)c2cncnc2N[C@@H]2C[C@H](COS(N)(=O)=O)[C@@H](O)C2)cc1[C@H]1OCCc2sccc21. The molecule has 0 radical (unpaired) electrons. The Morgan fingerprint density at radius 1 is 1.36 bits per heavy atom. The molecular formula is C23H26N4O6S3. The van der Waals surface area contributed by atoms with E-state index in [9.17, 15) is 18.3 Å². The first-order chi connectivity index (χ1) is 17.2. The second kappa shape index (κ2) is 10.2. The van der Waals surface area contributed by atoms with Gasteiger partial charge < -0.3 is 15.2 Å². The lowest BCUT2D eigenvalue weighted by Gasteiger charge is -2.23. The maximum absolute atomic E-state index is 13.5. The standard InChI is InChI=1S/C23H26N4O6S3/c1-12-16(22-15-3-5-34-19(15)2-4-32-22)8-20(35-12)21(29)17-9-25-11-26-23(17)27-14-6-13(18(28)7-14)10-33-36(24,30)31/h3,5,8-9,11,13-14,18,22,28H,2,4,6-7,10H2,1H3,(H2,24,30,31)(H,25,26,27)/t13-,14-,18+,22+/m1/s1. The van der Waals surface area contributed by atoms with Crippen molar-refractivity contribution in [2.45, 2.75) is 44.4 Å². The summed E-state index contributed by atoms with van der Waals surface area (Å²) in [6.45, 7) is 2.43. The zero-order chi connectivity index (χ0) is 25.4. The van der Waals surface area contributed by atoms with E-state index >= 15 is 0 Å². The lowest BCUT2D eigenvalue weighted by atomic mass is 9.99.